The Hall–Kier alpha value is -4.16. The molecular weight excluding hydrogens is 524 g/mol. The van der Waals surface area contributed by atoms with E-state index in [0.29, 0.717) is 10.6 Å². The topological polar surface area (TPSA) is 140 Å². The van der Waals surface area contributed by atoms with E-state index in [-0.39, 0.29) is 65.2 Å². The number of nitro groups is 1. The van der Waals surface area contributed by atoms with Crippen LogP contribution in [0.15, 0.2) is 85.7 Å². The van der Waals surface area contributed by atoms with E-state index in [9.17, 15) is 23.3 Å². The molecule has 0 saturated carbocycles. The van der Waals surface area contributed by atoms with Crippen molar-refractivity contribution in [2.24, 2.45) is 0 Å². The van der Waals surface area contributed by atoms with Gasteiger partial charge in [-0.25, -0.2) is 8.42 Å². The maximum absolute atomic E-state index is 13.5. The van der Waals surface area contributed by atoms with Gasteiger partial charge < -0.3 is 18.6 Å². The zero-order chi connectivity index (χ0) is 26.2. The van der Waals surface area contributed by atoms with E-state index in [1.165, 1.54) is 54.8 Å². The number of aromatic nitrogens is 1. The molecule has 0 bridgehead atoms. The third-order valence-corrected chi connectivity index (χ3v) is 7.79. The van der Waals surface area contributed by atoms with Gasteiger partial charge in [0.15, 0.2) is 5.76 Å². The van der Waals surface area contributed by atoms with Crippen LogP contribution in [0.5, 0.6) is 0 Å². The van der Waals surface area contributed by atoms with Crippen molar-refractivity contribution >= 4 is 38.9 Å². The fourth-order valence-electron chi connectivity index (χ4n) is 3.92. The Kier molecular flexibility index (Phi) is 6.44. The second-order valence-electron chi connectivity index (χ2n) is 8.15. The number of carbonyl (C=O) groups excluding carboxylic acids is 1. The van der Waals surface area contributed by atoms with Gasteiger partial charge in [0.2, 0.25) is 20.7 Å². The average molecular weight is 543 g/mol. The summed E-state index contributed by atoms with van der Waals surface area (Å²) in [4.78, 5) is 30.8. The maximum Gasteiger partial charge on any atom is 0.269 e. The number of anilines is 1. The number of hydrogen-bond donors (Lipinski definition) is 0. The molecule has 190 valence electrons. The molecule has 1 fully saturated rings. The number of piperazine rings is 1. The smallest absolute Gasteiger partial charge is 0.269 e. The Morgan fingerprint density at radius 2 is 1.68 bits per heavy atom. The largest absolute Gasteiger partial charge is 0.459 e. The molecule has 1 aliphatic rings. The van der Waals surface area contributed by atoms with Crippen LogP contribution in [0, 0.1) is 10.1 Å². The minimum Gasteiger partial charge on any atom is -0.459 e. The third-order valence-electron chi connectivity index (χ3n) is 5.87. The number of nitrogens with zero attached hydrogens (tertiary/aromatic N) is 4. The Morgan fingerprint density at radius 1 is 1.00 bits per heavy atom. The van der Waals surface area contributed by atoms with Crippen LogP contribution in [0.3, 0.4) is 0 Å². The lowest BCUT2D eigenvalue weighted by Gasteiger charge is -2.34. The van der Waals surface area contributed by atoms with Crippen LogP contribution < -0.4 is 4.90 Å². The number of amides is 1. The molecule has 2 aromatic carbocycles. The Bertz CT molecular complexity index is 1540. The maximum atomic E-state index is 13.5. The number of carbonyl (C=O) groups is 1. The highest BCUT2D eigenvalue weighted by Crippen LogP contribution is 2.35. The summed E-state index contributed by atoms with van der Waals surface area (Å²) in [5.74, 6) is 0.0453. The van der Waals surface area contributed by atoms with Gasteiger partial charge in [-0.05, 0) is 48.5 Å². The van der Waals surface area contributed by atoms with Crippen molar-refractivity contribution in [2.45, 2.75) is 9.92 Å². The zero-order valence-corrected chi connectivity index (χ0v) is 20.7. The van der Waals surface area contributed by atoms with E-state index in [0.717, 1.165) is 0 Å². The molecule has 0 radical (unpaired) electrons. The molecule has 13 heteroatoms. The number of furan rings is 1. The van der Waals surface area contributed by atoms with E-state index in [4.69, 9.17) is 20.4 Å². The first-order chi connectivity index (χ1) is 17.7. The molecule has 1 amide bonds. The highest BCUT2D eigenvalue weighted by molar-refractivity contribution is 7.91. The summed E-state index contributed by atoms with van der Waals surface area (Å²) in [7, 11) is -4.07. The van der Waals surface area contributed by atoms with Crippen molar-refractivity contribution in [3.8, 4) is 11.7 Å². The van der Waals surface area contributed by atoms with Crippen LogP contribution in [-0.4, -0.2) is 55.3 Å². The number of oxazole rings is 1. The zero-order valence-electron chi connectivity index (χ0n) is 19.1. The number of non-ortho nitro benzene ring substituents is 1. The van der Waals surface area contributed by atoms with E-state index >= 15 is 0 Å². The summed E-state index contributed by atoms with van der Waals surface area (Å²) in [6, 6.07) is 14.4. The minimum absolute atomic E-state index is 0.00410. The normalized spacial score (nSPS) is 14.1. The fraction of sp³-hybridized carbons (Fsp3) is 0.167. The number of benzene rings is 2. The van der Waals surface area contributed by atoms with Crippen molar-refractivity contribution in [3.05, 3.63) is 87.6 Å². The first kappa shape index (κ1) is 24.5. The summed E-state index contributed by atoms with van der Waals surface area (Å²) < 4.78 is 38.2. The van der Waals surface area contributed by atoms with Crippen LogP contribution >= 0.6 is 11.6 Å². The summed E-state index contributed by atoms with van der Waals surface area (Å²) in [6.07, 6.45) is 1.43. The van der Waals surface area contributed by atoms with Crippen LogP contribution in [0.25, 0.3) is 11.7 Å². The van der Waals surface area contributed by atoms with Crippen LogP contribution in [-0.2, 0) is 9.84 Å². The van der Waals surface area contributed by atoms with Gasteiger partial charge in [-0.3, -0.25) is 14.9 Å². The molecule has 5 rings (SSSR count). The summed E-state index contributed by atoms with van der Waals surface area (Å²) in [6.45, 7) is 1.09. The molecule has 0 spiro atoms. The van der Waals surface area contributed by atoms with Crippen LogP contribution in [0.1, 0.15) is 10.4 Å². The van der Waals surface area contributed by atoms with E-state index in [2.05, 4.69) is 4.98 Å². The monoisotopic (exact) mass is 542 g/mol. The molecule has 0 unspecified atom stereocenters. The van der Waals surface area contributed by atoms with Gasteiger partial charge in [-0.15, -0.1) is 0 Å². The molecule has 0 aliphatic carbocycles. The van der Waals surface area contributed by atoms with Crippen LogP contribution in [0.2, 0.25) is 5.02 Å². The molecule has 0 N–H and O–H groups in total. The lowest BCUT2D eigenvalue weighted by molar-refractivity contribution is -0.384. The molecule has 0 atom stereocenters. The Balaban J connectivity index is 1.41. The van der Waals surface area contributed by atoms with Crippen molar-refractivity contribution in [1.82, 2.24) is 9.88 Å². The van der Waals surface area contributed by atoms with E-state index in [1.54, 1.807) is 21.9 Å². The molecule has 3 heterocycles. The predicted molar refractivity (Wildman–Crippen MR) is 132 cm³/mol. The molecule has 1 aliphatic heterocycles. The summed E-state index contributed by atoms with van der Waals surface area (Å²) in [5, 5.41) is 11.0. The fourth-order valence-corrected chi connectivity index (χ4v) is 5.37. The van der Waals surface area contributed by atoms with Gasteiger partial charge in [-0.2, -0.15) is 4.98 Å². The second-order valence-corrected chi connectivity index (χ2v) is 10.4. The second kappa shape index (κ2) is 9.71. The molecule has 37 heavy (non-hydrogen) atoms. The number of hydrogen-bond acceptors (Lipinski definition) is 9. The highest BCUT2D eigenvalue weighted by atomic mass is 35.5. The lowest BCUT2D eigenvalue weighted by atomic mass is 10.1. The molecule has 1 saturated heterocycles. The first-order valence-electron chi connectivity index (χ1n) is 11.1. The standard InChI is InChI=1S/C24H19ClN4O7S/c25-17-5-9-19(10-6-17)37(33,34)22-24(36-21(26-22)20-2-1-15-35-20)28-13-11-27(12-14-28)23(30)16-3-7-18(8-4-16)29(31)32/h1-10,15H,11-14H2. The van der Waals surface area contributed by atoms with Gasteiger partial charge in [0, 0.05) is 48.9 Å². The quantitative estimate of drug-likeness (QED) is 0.257. The van der Waals surface area contributed by atoms with E-state index in [1.807, 2.05) is 0 Å². The van der Waals surface area contributed by atoms with Gasteiger partial charge in [0.25, 0.3) is 17.5 Å². The number of rotatable bonds is 6. The average Bonchev–Trinajstić information content (AvgIpc) is 3.60. The van der Waals surface area contributed by atoms with Crippen molar-refractivity contribution in [2.75, 3.05) is 31.1 Å². The van der Waals surface area contributed by atoms with Crippen molar-refractivity contribution in [3.63, 3.8) is 0 Å². The lowest BCUT2D eigenvalue weighted by Crippen LogP contribution is -2.49. The van der Waals surface area contributed by atoms with Gasteiger partial charge >= 0.3 is 0 Å². The summed E-state index contributed by atoms with van der Waals surface area (Å²) >= 11 is 5.93. The van der Waals surface area contributed by atoms with Crippen molar-refractivity contribution in [1.29, 1.82) is 0 Å². The molecular formula is C24H19ClN4O7S. The van der Waals surface area contributed by atoms with Gasteiger partial charge in [0.1, 0.15) is 0 Å². The predicted octanol–water partition coefficient (Wildman–Crippen LogP) is 4.29. The summed E-state index contributed by atoms with van der Waals surface area (Å²) in [5.41, 5.74) is 0.221. The third kappa shape index (κ3) is 4.80. The van der Waals surface area contributed by atoms with E-state index < -0.39 is 14.8 Å². The van der Waals surface area contributed by atoms with Gasteiger partial charge in [0.05, 0.1) is 16.1 Å². The SMILES string of the molecule is O=C(c1ccc([N+](=O)[O-])cc1)N1CCN(c2oc(-c3ccco3)nc2S(=O)(=O)c2ccc(Cl)cc2)CC1. The highest BCUT2D eigenvalue weighted by Gasteiger charge is 2.34. The number of sulfone groups is 1. The number of nitro benzene ring substituents is 1. The van der Waals surface area contributed by atoms with Crippen molar-refractivity contribution < 1.29 is 27.0 Å². The Morgan fingerprint density at radius 3 is 2.27 bits per heavy atom. The molecule has 4 aromatic rings. The Labute approximate surface area is 215 Å². The number of halogens is 1. The molecule has 2 aromatic heterocycles. The van der Waals surface area contributed by atoms with Gasteiger partial charge in [-0.1, -0.05) is 11.6 Å². The minimum atomic E-state index is -4.07. The molecule has 11 nitrogen and oxygen atoms in total. The first-order valence-corrected chi connectivity index (χ1v) is 12.9. The van der Waals surface area contributed by atoms with Crippen LogP contribution in [0.4, 0.5) is 11.6 Å².